The third-order valence-corrected chi connectivity index (χ3v) is 7.01. The Bertz CT molecular complexity index is 1160. The number of hydrogen-bond donors (Lipinski definition) is 0. The number of carbonyl (C=O) groups excluding carboxylic acids is 1. The van der Waals surface area contributed by atoms with Gasteiger partial charge in [0, 0.05) is 30.4 Å². The SMILES string of the molecule is COC1C(Sc2ccccc2)OC(COC(C)=O)C(C)C1n1cc(-c2cc(F)c(F)c(F)c2)nn1. The number of nitrogens with zero attached hydrogens (tertiary/aromatic N) is 3. The van der Waals surface area contributed by atoms with Gasteiger partial charge in [-0.15, -0.1) is 5.10 Å². The lowest BCUT2D eigenvalue weighted by atomic mass is 9.89. The molecular formula is C24H24F3N3O4S. The monoisotopic (exact) mass is 507 g/mol. The minimum absolute atomic E-state index is 0.0330. The van der Waals surface area contributed by atoms with Gasteiger partial charge >= 0.3 is 5.97 Å². The van der Waals surface area contributed by atoms with Crippen LogP contribution in [0.25, 0.3) is 11.3 Å². The van der Waals surface area contributed by atoms with E-state index in [0.29, 0.717) is 0 Å². The number of benzene rings is 2. The zero-order valence-electron chi connectivity index (χ0n) is 19.2. The van der Waals surface area contributed by atoms with E-state index < -0.39 is 47.1 Å². The molecule has 186 valence electrons. The molecule has 0 radical (unpaired) electrons. The maximum Gasteiger partial charge on any atom is 0.302 e. The van der Waals surface area contributed by atoms with Crippen LogP contribution in [0.4, 0.5) is 13.2 Å². The van der Waals surface area contributed by atoms with E-state index in [1.54, 1.807) is 11.8 Å². The number of esters is 1. The molecule has 5 atom stereocenters. The summed E-state index contributed by atoms with van der Waals surface area (Å²) < 4.78 is 59.9. The van der Waals surface area contributed by atoms with E-state index in [9.17, 15) is 18.0 Å². The van der Waals surface area contributed by atoms with Crippen LogP contribution in [0, 0.1) is 23.4 Å². The molecule has 7 nitrogen and oxygen atoms in total. The van der Waals surface area contributed by atoms with E-state index >= 15 is 0 Å². The summed E-state index contributed by atoms with van der Waals surface area (Å²) in [5.41, 5.74) is -0.273. The summed E-state index contributed by atoms with van der Waals surface area (Å²) in [6, 6.07) is 10.9. The average Bonchev–Trinajstić information content (AvgIpc) is 3.32. The molecule has 4 rings (SSSR count). The maximum atomic E-state index is 13.8. The first kappa shape index (κ1) is 25.2. The Labute approximate surface area is 204 Å². The molecule has 1 fully saturated rings. The molecule has 11 heteroatoms. The number of carbonyl (C=O) groups is 1. The quantitative estimate of drug-likeness (QED) is 0.341. The van der Waals surface area contributed by atoms with Gasteiger partial charge in [-0.1, -0.05) is 42.1 Å². The zero-order valence-corrected chi connectivity index (χ0v) is 20.0. The van der Waals surface area contributed by atoms with Gasteiger partial charge in [-0.05, 0) is 24.3 Å². The Hall–Kier alpha value is -2.89. The van der Waals surface area contributed by atoms with E-state index in [1.807, 2.05) is 37.3 Å². The Morgan fingerprint density at radius 3 is 2.49 bits per heavy atom. The standard InChI is InChI=1S/C24H24F3N3O4S/c1-13-20(12-33-14(2)31)34-24(35-16-7-5-4-6-8-16)23(32-3)22(13)30-11-19(28-29-30)15-9-17(25)21(27)18(26)10-15/h4-11,13,20,22-24H,12H2,1-3H3. The Kier molecular flexibility index (Phi) is 7.78. The highest BCUT2D eigenvalue weighted by Crippen LogP contribution is 2.42. The summed E-state index contributed by atoms with van der Waals surface area (Å²) in [5.74, 6) is -4.85. The van der Waals surface area contributed by atoms with E-state index in [-0.39, 0.29) is 23.8 Å². The van der Waals surface area contributed by atoms with Crippen molar-refractivity contribution in [3.05, 3.63) is 66.1 Å². The predicted octanol–water partition coefficient (Wildman–Crippen LogP) is 4.63. The van der Waals surface area contributed by atoms with Gasteiger partial charge in [-0.25, -0.2) is 17.9 Å². The van der Waals surface area contributed by atoms with Gasteiger partial charge < -0.3 is 14.2 Å². The van der Waals surface area contributed by atoms with Crippen molar-refractivity contribution in [2.24, 2.45) is 5.92 Å². The summed E-state index contributed by atoms with van der Waals surface area (Å²) in [5, 5.41) is 8.25. The normalized spacial score (nSPS) is 24.3. The van der Waals surface area contributed by atoms with Gasteiger partial charge in [-0.3, -0.25) is 4.79 Å². The lowest BCUT2D eigenvalue weighted by molar-refractivity contribution is -0.171. The highest BCUT2D eigenvalue weighted by molar-refractivity contribution is 7.99. The van der Waals surface area contributed by atoms with Crippen LogP contribution >= 0.6 is 11.8 Å². The van der Waals surface area contributed by atoms with Crippen molar-refractivity contribution in [3.8, 4) is 11.3 Å². The second kappa shape index (κ2) is 10.8. The third kappa shape index (κ3) is 5.52. The highest BCUT2D eigenvalue weighted by atomic mass is 32.2. The molecular weight excluding hydrogens is 483 g/mol. The van der Waals surface area contributed by atoms with Crippen molar-refractivity contribution >= 4 is 17.7 Å². The van der Waals surface area contributed by atoms with Crippen LogP contribution in [0.15, 0.2) is 53.6 Å². The fourth-order valence-electron chi connectivity index (χ4n) is 4.07. The molecule has 35 heavy (non-hydrogen) atoms. The molecule has 5 unspecified atom stereocenters. The second-order valence-corrected chi connectivity index (χ2v) is 9.34. The van der Waals surface area contributed by atoms with E-state index in [0.717, 1.165) is 17.0 Å². The van der Waals surface area contributed by atoms with Gasteiger partial charge in [0.2, 0.25) is 0 Å². The number of aromatic nitrogens is 3. The van der Waals surface area contributed by atoms with Crippen molar-refractivity contribution in [2.45, 2.75) is 42.4 Å². The van der Waals surface area contributed by atoms with Crippen molar-refractivity contribution in [2.75, 3.05) is 13.7 Å². The fourth-order valence-corrected chi connectivity index (χ4v) is 5.26. The van der Waals surface area contributed by atoms with E-state index in [2.05, 4.69) is 10.3 Å². The number of thioether (sulfide) groups is 1. The van der Waals surface area contributed by atoms with Crippen LogP contribution in [-0.2, 0) is 19.0 Å². The van der Waals surface area contributed by atoms with E-state index in [4.69, 9.17) is 14.2 Å². The summed E-state index contributed by atoms with van der Waals surface area (Å²) in [7, 11) is 1.56. The number of hydrogen-bond acceptors (Lipinski definition) is 7. The predicted molar refractivity (Wildman–Crippen MR) is 122 cm³/mol. The topological polar surface area (TPSA) is 75.5 Å². The van der Waals surface area contributed by atoms with Gasteiger partial charge in [0.05, 0.1) is 18.3 Å². The van der Waals surface area contributed by atoms with Crippen LogP contribution in [0.1, 0.15) is 19.9 Å². The summed E-state index contributed by atoms with van der Waals surface area (Å²) >= 11 is 1.45. The van der Waals surface area contributed by atoms with Crippen molar-refractivity contribution in [1.29, 1.82) is 0 Å². The smallest absolute Gasteiger partial charge is 0.302 e. The summed E-state index contributed by atoms with van der Waals surface area (Å²) in [4.78, 5) is 12.4. The fraction of sp³-hybridized carbons (Fsp3) is 0.375. The molecule has 3 aromatic rings. The Balaban J connectivity index is 1.68. The lowest BCUT2D eigenvalue weighted by Gasteiger charge is -2.44. The van der Waals surface area contributed by atoms with Gasteiger partial charge in [0.1, 0.15) is 23.8 Å². The largest absolute Gasteiger partial charge is 0.463 e. The van der Waals surface area contributed by atoms with Crippen molar-refractivity contribution < 1.29 is 32.2 Å². The van der Waals surface area contributed by atoms with Gasteiger partial charge in [0.25, 0.3) is 0 Å². The molecule has 2 heterocycles. The Morgan fingerprint density at radius 1 is 1.17 bits per heavy atom. The summed E-state index contributed by atoms with van der Waals surface area (Å²) in [6.07, 6.45) is 0.544. The average molecular weight is 508 g/mol. The molecule has 1 aliphatic rings. The lowest BCUT2D eigenvalue weighted by Crippen LogP contribution is -2.52. The molecule has 0 spiro atoms. The van der Waals surface area contributed by atoms with Gasteiger partial charge in [0.15, 0.2) is 17.5 Å². The first-order valence-corrected chi connectivity index (χ1v) is 11.8. The van der Waals surface area contributed by atoms with Crippen LogP contribution in [0.5, 0.6) is 0 Å². The molecule has 2 aromatic carbocycles. The van der Waals surface area contributed by atoms with Gasteiger partial charge in [-0.2, -0.15) is 0 Å². The molecule has 0 saturated carbocycles. The van der Waals surface area contributed by atoms with E-state index in [1.165, 1.54) is 24.9 Å². The first-order chi connectivity index (χ1) is 16.8. The number of methoxy groups -OCH3 is 1. The van der Waals surface area contributed by atoms with Crippen LogP contribution in [0.3, 0.4) is 0 Å². The van der Waals surface area contributed by atoms with Crippen LogP contribution in [-0.4, -0.2) is 52.3 Å². The molecule has 0 aliphatic carbocycles. The molecule has 0 amide bonds. The first-order valence-electron chi connectivity index (χ1n) is 10.9. The number of halogens is 3. The van der Waals surface area contributed by atoms with Crippen molar-refractivity contribution in [3.63, 3.8) is 0 Å². The summed E-state index contributed by atoms with van der Waals surface area (Å²) in [6.45, 7) is 3.27. The molecule has 1 aliphatic heterocycles. The molecule has 1 aromatic heterocycles. The highest BCUT2D eigenvalue weighted by Gasteiger charge is 2.46. The maximum absolute atomic E-state index is 13.8. The molecule has 0 bridgehead atoms. The van der Waals surface area contributed by atoms with Crippen LogP contribution < -0.4 is 0 Å². The minimum Gasteiger partial charge on any atom is -0.463 e. The zero-order chi connectivity index (χ0) is 25.1. The number of ether oxygens (including phenoxy) is 3. The van der Waals surface area contributed by atoms with Crippen LogP contribution in [0.2, 0.25) is 0 Å². The third-order valence-electron chi connectivity index (χ3n) is 5.85. The second-order valence-electron chi connectivity index (χ2n) is 8.16. The minimum atomic E-state index is -1.55. The Morgan fingerprint density at radius 2 is 1.86 bits per heavy atom. The number of rotatable bonds is 7. The molecule has 0 N–H and O–H groups in total. The molecule has 1 saturated heterocycles. The van der Waals surface area contributed by atoms with Crippen molar-refractivity contribution in [1.82, 2.24) is 15.0 Å².